The van der Waals surface area contributed by atoms with Gasteiger partial charge in [0.15, 0.2) is 6.10 Å². The molecule has 2 aliphatic rings. The number of phosphoric acid groups is 2. The van der Waals surface area contributed by atoms with E-state index in [0.717, 1.165) is 69.9 Å². The number of unbranched alkanes of at least 4 members (excludes halogenated alkanes) is 6. The molecule has 9 N–H and O–H groups in total. The lowest BCUT2D eigenvalue weighted by Gasteiger charge is -2.38. The molecule has 0 spiro atoms. The van der Waals surface area contributed by atoms with Crippen molar-refractivity contribution in [2.24, 2.45) is 11.8 Å². The lowest BCUT2D eigenvalue weighted by Crippen LogP contribution is -2.56. The topological polar surface area (TPSA) is 314 Å². The second-order valence-corrected chi connectivity index (χ2v) is 20.2. The first-order chi connectivity index (χ1) is 33.3. The maximum absolute atomic E-state index is 13.7. The van der Waals surface area contributed by atoms with Crippen LogP contribution in [-0.4, -0.2) is 131 Å². The van der Waals surface area contributed by atoms with Gasteiger partial charge in [-0.15, -0.1) is 0 Å². The smallest absolute Gasteiger partial charge is 0.462 e. The van der Waals surface area contributed by atoms with Gasteiger partial charge in [0.25, 0.3) is 0 Å². The molecule has 21 heteroatoms. The number of phosphoric ester groups is 2. The van der Waals surface area contributed by atoms with Crippen molar-refractivity contribution in [1.29, 1.82) is 0 Å². The summed E-state index contributed by atoms with van der Waals surface area (Å²) in [5, 5.41) is 68.2. The van der Waals surface area contributed by atoms with Crippen LogP contribution in [0.2, 0.25) is 0 Å². The van der Waals surface area contributed by atoms with Crippen LogP contribution < -0.4 is 0 Å². The normalized spacial score (nSPS) is 30.7. The van der Waals surface area contributed by atoms with Crippen molar-refractivity contribution >= 4 is 33.4 Å². The molecule has 2 rings (SSSR count). The van der Waals surface area contributed by atoms with Crippen molar-refractivity contribution < 1.29 is 91.9 Å². The van der Waals surface area contributed by atoms with Gasteiger partial charge in [-0.3, -0.25) is 28.0 Å². The molecule has 12 atom stereocenters. The van der Waals surface area contributed by atoms with Crippen LogP contribution in [0.1, 0.15) is 136 Å². The predicted molar refractivity (Wildman–Crippen MR) is 260 cm³/mol. The summed E-state index contributed by atoms with van der Waals surface area (Å²) in [5.41, 5.74) is 0. The Bertz CT molecular complexity index is 1790. The molecule has 0 aromatic rings. The average Bonchev–Trinajstić information content (AvgIpc) is 3.30. The molecular formula is C49H80O19P2. The number of allylic oxidation sites excluding steroid dienone is 10. The first-order valence-corrected chi connectivity index (χ1v) is 27.6. The van der Waals surface area contributed by atoms with Gasteiger partial charge in [-0.25, -0.2) is 9.13 Å². The second kappa shape index (κ2) is 35.2. The molecule has 1 aliphatic carbocycles. The van der Waals surface area contributed by atoms with Crippen LogP contribution >= 0.6 is 15.6 Å². The summed E-state index contributed by atoms with van der Waals surface area (Å²) in [6, 6.07) is 0. The molecule has 0 saturated heterocycles. The van der Waals surface area contributed by atoms with Crippen LogP contribution in [0.25, 0.3) is 0 Å². The highest BCUT2D eigenvalue weighted by Crippen LogP contribution is 2.49. The number of carbonyl (C=O) groups excluding carboxylic acids is 3. The highest BCUT2D eigenvalue weighted by Gasteiger charge is 2.51. The zero-order chi connectivity index (χ0) is 52.0. The number of Topliss-reactive ketones (excluding diaryl/α,β-unsaturated/α-hetero) is 1. The Morgan fingerprint density at radius 2 is 1.50 bits per heavy atom. The number of hydrogen-bond acceptors (Lipinski definition) is 16. The molecule has 70 heavy (non-hydrogen) atoms. The van der Waals surface area contributed by atoms with E-state index in [0.29, 0.717) is 19.3 Å². The minimum absolute atomic E-state index is 0.0669. The van der Waals surface area contributed by atoms with Crippen LogP contribution in [0.5, 0.6) is 0 Å². The first kappa shape index (κ1) is 63.1. The lowest BCUT2D eigenvalue weighted by molar-refractivity contribution is -0.164. The fraction of sp³-hybridized carbons (Fsp3) is 0.694. The van der Waals surface area contributed by atoms with Crippen molar-refractivity contribution in [3.05, 3.63) is 72.9 Å². The molecule has 400 valence electrons. The van der Waals surface area contributed by atoms with Crippen LogP contribution in [-0.2, 0) is 46.6 Å². The summed E-state index contributed by atoms with van der Waals surface area (Å²) in [6.45, 7) is 2.40. The molecule has 19 nitrogen and oxygen atoms in total. The van der Waals surface area contributed by atoms with Crippen molar-refractivity contribution in [2.75, 3.05) is 13.2 Å². The van der Waals surface area contributed by atoms with E-state index in [2.05, 4.69) is 55.5 Å². The molecule has 0 aromatic carbocycles. The van der Waals surface area contributed by atoms with Crippen molar-refractivity contribution in [3.8, 4) is 0 Å². The number of fused-ring (bicyclic) bond motifs is 4. The van der Waals surface area contributed by atoms with Gasteiger partial charge in [-0.2, -0.15) is 0 Å². The van der Waals surface area contributed by atoms with E-state index in [1.165, 1.54) is 6.08 Å². The van der Waals surface area contributed by atoms with Gasteiger partial charge in [0.1, 0.15) is 36.8 Å². The summed E-state index contributed by atoms with van der Waals surface area (Å²) >= 11 is 0. The van der Waals surface area contributed by atoms with Gasteiger partial charge in [-0.05, 0) is 70.6 Å². The molecular weight excluding hydrogens is 954 g/mol. The van der Waals surface area contributed by atoms with E-state index >= 15 is 0 Å². The van der Waals surface area contributed by atoms with Gasteiger partial charge in [0, 0.05) is 31.1 Å². The Morgan fingerprint density at radius 3 is 2.16 bits per heavy atom. The number of rotatable bonds is 23. The summed E-state index contributed by atoms with van der Waals surface area (Å²) in [7, 11) is -11.5. The number of carbonyl (C=O) groups is 3. The van der Waals surface area contributed by atoms with E-state index in [1.807, 2.05) is 6.92 Å². The summed E-state index contributed by atoms with van der Waals surface area (Å²) < 4.78 is 52.1. The summed E-state index contributed by atoms with van der Waals surface area (Å²) in [5.74, 6) is -5.73. The fourth-order valence-electron chi connectivity index (χ4n) is 7.71. The summed E-state index contributed by atoms with van der Waals surface area (Å²) in [6.07, 6.45) is 11.3. The van der Waals surface area contributed by atoms with Crippen LogP contribution in [0.3, 0.4) is 0 Å². The molecule has 0 radical (unpaired) electrons. The highest BCUT2D eigenvalue weighted by molar-refractivity contribution is 7.47. The number of aliphatic hydroxyl groups excluding tert-OH is 6. The number of ketones is 1. The third kappa shape index (κ3) is 26.6. The van der Waals surface area contributed by atoms with Crippen LogP contribution in [0.4, 0.5) is 0 Å². The van der Waals surface area contributed by atoms with E-state index in [1.54, 1.807) is 6.08 Å². The molecule has 1 unspecified atom stereocenters. The number of aliphatic hydroxyl groups is 6. The fourth-order valence-corrected chi connectivity index (χ4v) is 9.24. The predicted octanol–water partition coefficient (Wildman–Crippen LogP) is 6.20. The van der Waals surface area contributed by atoms with Crippen molar-refractivity contribution in [1.82, 2.24) is 0 Å². The summed E-state index contributed by atoms with van der Waals surface area (Å²) in [4.78, 5) is 70.5. The Balaban J connectivity index is 2.33. The van der Waals surface area contributed by atoms with Crippen molar-refractivity contribution in [2.45, 2.75) is 191 Å². The second-order valence-electron chi connectivity index (χ2n) is 17.6. The van der Waals surface area contributed by atoms with E-state index in [-0.39, 0.29) is 38.5 Å². The monoisotopic (exact) mass is 1030 g/mol. The number of hydrogen-bond donors (Lipinski definition) is 9. The quantitative estimate of drug-likeness (QED) is 0.0238. The average molecular weight is 1040 g/mol. The number of cyclic esters (lactones) is 1. The molecule has 1 fully saturated rings. The van der Waals surface area contributed by atoms with Gasteiger partial charge in [0.05, 0.1) is 31.0 Å². The van der Waals surface area contributed by atoms with Gasteiger partial charge in [0.2, 0.25) is 0 Å². The van der Waals surface area contributed by atoms with Gasteiger partial charge in [-0.1, -0.05) is 119 Å². The third-order valence-electron chi connectivity index (χ3n) is 11.6. The number of ether oxygens (including phenoxy) is 2. The maximum Gasteiger partial charge on any atom is 0.472 e. The molecule has 2 bridgehead atoms. The Kier molecular flexibility index (Phi) is 31.8. The molecule has 1 heterocycles. The minimum Gasteiger partial charge on any atom is -0.462 e. The Labute approximate surface area is 412 Å². The van der Waals surface area contributed by atoms with E-state index in [9.17, 15) is 68.8 Å². The van der Waals surface area contributed by atoms with Crippen molar-refractivity contribution in [3.63, 3.8) is 0 Å². The maximum atomic E-state index is 13.7. The Hall–Kier alpha value is -2.97. The standard InChI is InChI=1S/C49H80O19P2/c1-3-5-7-8-9-10-11-12-13-14-15-16-17-18-19-20-26-30-43(54)66-37-34-64-42(53)29-25-22-21-24-28-38-40(51)33-41(52)39(32-31-36(50)27-23-6-4-2)45(56)48(67-69(59,60)61)49(47(58)46(57)44(38)55)68-70(62,63)65-35-37/h5,7,9-10,12-13,15-16,21,24,31-32,36-39,41,44-50,52,55-58H,3-4,6,8,11,14,17-20,22-23,25-30,33-35H2,1-2H3,(H,62,63)(H2,59,60,61)/b7-5-,10-9-,13-12-,16-15-,24-21-,32-31+/t36-,37+,38-,39-,41+,44+,45+,46-,47+,48+,49-/m0/s1. The molecule has 0 amide bonds. The molecule has 0 aromatic heterocycles. The first-order valence-electron chi connectivity index (χ1n) is 24.6. The van der Waals surface area contributed by atoms with Crippen LogP contribution in [0.15, 0.2) is 72.9 Å². The lowest BCUT2D eigenvalue weighted by atomic mass is 9.84. The van der Waals surface area contributed by atoms with Crippen LogP contribution in [0, 0.1) is 11.8 Å². The largest absolute Gasteiger partial charge is 0.472 e. The molecule has 1 saturated carbocycles. The zero-order valence-electron chi connectivity index (χ0n) is 40.6. The molecule has 1 aliphatic heterocycles. The van der Waals surface area contributed by atoms with E-state index in [4.69, 9.17) is 23.0 Å². The highest BCUT2D eigenvalue weighted by atomic mass is 31.2. The van der Waals surface area contributed by atoms with Gasteiger partial charge < -0.3 is 54.8 Å². The number of esters is 2. The minimum atomic E-state index is -5.79. The Morgan fingerprint density at radius 1 is 0.843 bits per heavy atom. The zero-order valence-corrected chi connectivity index (χ0v) is 42.4. The SMILES string of the molecule is CC/C=C\C/C=C\C/C=C\C/C=C\CCCCCCC(=O)O[C@@H]1COC(=O)CCC/C=C\C[C@H]2C(=O)C[C@@H](O)[C@H](/C=C/[C@@H](O)CCCCC)[C@@H](O)[C@@H](OP(=O)(O)O)[C@@H](OP(=O)(O)OC1)[C@H](O)[C@@H](O)[C@@H]2O. The third-order valence-corrected chi connectivity index (χ3v) is 13.1. The van der Waals surface area contributed by atoms with E-state index < -0.39 is 120 Å². The van der Waals surface area contributed by atoms with Gasteiger partial charge >= 0.3 is 27.6 Å².